The number of benzene rings is 2. The number of nitro benzene ring substituents is 1. The summed E-state index contributed by atoms with van der Waals surface area (Å²) in [5.74, 6) is -0.502. The minimum Gasteiger partial charge on any atom is -0.319 e. The zero-order valence-corrected chi connectivity index (χ0v) is 15.8. The molecule has 144 valence electrons. The monoisotopic (exact) mass is 401 g/mol. The van der Waals surface area contributed by atoms with Crippen LogP contribution in [0.15, 0.2) is 53.7 Å². The Bertz CT molecular complexity index is 1040. The van der Waals surface area contributed by atoms with Gasteiger partial charge < -0.3 is 9.88 Å². The van der Waals surface area contributed by atoms with Crippen molar-refractivity contribution in [3.8, 4) is 11.4 Å². The van der Waals surface area contributed by atoms with Crippen LogP contribution >= 0.6 is 11.8 Å². The number of nitro groups is 1. The molecule has 1 unspecified atom stereocenters. The lowest BCUT2D eigenvalue weighted by atomic mass is 10.2. The number of halogens is 1. The molecule has 1 aromatic heterocycles. The molecule has 1 amide bonds. The van der Waals surface area contributed by atoms with Gasteiger partial charge in [0.15, 0.2) is 11.0 Å². The maximum absolute atomic E-state index is 14.0. The molecule has 0 fully saturated rings. The first kappa shape index (κ1) is 19.5. The van der Waals surface area contributed by atoms with Crippen molar-refractivity contribution in [3.63, 3.8) is 0 Å². The number of nitrogens with zero attached hydrogens (tertiary/aromatic N) is 4. The Morgan fingerprint density at radius 2 is 1.89 bits per heavy atom. The number of hydrogen-bond donors (Lipinski definition) is 1. The van der Waals surface area contributed by atoms with E-state index in [1.165, 1.54) is 24.3 Å². The van der Waals surface area contributed by atoms with Crippen molar-refractivity contribution in [2.75, 3.05) is 5.32 Å². The fourth-order valence-corrected chi connectivity index (χ4v) is 3.29. The van der Waals surface area contributed by atoms with Gasteiger partial charge in [-0.05, 0) is 25.1 Å². The Hall–Kier alpha value is -3.27. The lowest BCUT2D eigenvalue weighted by molar-refractivity contribution is -0.383. The number of amides is 1. The minimum atomic E-state index is -0.615. The second-order valence-corrected chi connectivity index (χ2v) is 7.18. The van der Waals surface area contributed by atoms with Crippen molar-refractivity contribution in [1.29, 1.82) is 0 Å². The number of carbonyl (C=O) groups is 1. The lowest BCUT2D eigenvalue weighted by Crippen LogP contribution is -2.23. The lowest BCUT2D eigenvalue weighted by Gasteiger charge is -2.12. The quantitative estimate of drug-likeness (QED) is 0.384. The zero-order chi connectivity index (χ0) is 20.3. The summed E-state index contributed by atoms with van der Waals surface area (Å²) in [6.45, 7) is 1.65. The maximum atomic E-state index is 14.0. The normalized spacial score (nSPS) is 11.8. The summed E-state index contributed by atoms with van der Waals surface area (Å²) >= 11 is 1.12. The van der Waals surface area contributed by atoms with Crippen molar-refractivity contribution < 1.29 is 14.1 Å². The smallest absolute Gasteiger partial charge is 0.292 e. The van der Waals surface area contributed by atoms with Gasteiger partial charge in [-0.15, -0.1) is 10.2 Å². The van der Waals surface area contributed by atoms with Crippen molar-refractivity contribution in [2.45, 2.75) is 17.3 Å². The highest BCUT2D eigenvalue weighted by Crippen LogP contribution is 2.29. The van der Waals surface area contributed by atoms with Crippen LogP contribution in [-0.2, 0) is 11.8 Å². The first-order valence-electron chi connectivity index (χ1n) is 8.23. The van der Waals surface area contributed by atoms with Crippen LogP contribution in [0.1, 0.15) is 6.92 Å². The molecule has 2 aromatic carbocycles. The van der Waals surface area contributed by atoms with Gasteiger partial charge >= 0.3 is 0 Å². The molecule has 0 aliphatic carbocycles. The van der Waals surface area contributed by atoms with Crippen molar-refractivity contribution in [3.05, 3.63) is 64.5 Å². The van der Waals surface area contributed by atoms with E-state index in [-0.39, 0.29) is 11.4 Å². The van der Waals surface area contributed by atoms with E-state index < -0.39 is 21.9 Å². The molecular weight excluding hydrogens is 385 g/mol. The number of para-hydroxylation sites is 2. The van der Waals surface area contributed by atoms with Crippen LogP contribution in [0, 0.1) is 15.9 Å². The van der Waals surface area contributed by atoms with Crippen LogP contribution in [0.5, 0.6) is 0 Å². The molecule has 0 radical (unpaired) electrons. The van der Waals surface area contributed by atoms with E-state index in [2.05, 4.69) is 15.5 Å². The molecule has 8 nitrogen and oxygen atoms in total. The van der Waals surface area contributed by atoms with Gasteiger partial charge in [0.25, 0.3) is 5.69 Å². The van der Waals surface area contributed by atoms with Gasteiger partial charge in [-0.1, -0.05) is 36.0 Å². The molecule has 3 aromatic rings. The summed E-state index contributed by atoms with van der Waals surface area (Å²) in [5.41, 5.74) is 0.241. The molecule has 0 spiro atoms. The highest BCUT2D eigenvalue weighted by Gasteiger charge is 2.22. The first-order chi connectivity index (χ1) is 13.4. The molecule has 0 saturated heterocycles. The third-order valence-electron chi connectivity index (χ3n) is 3.96. The summed E-state index contributed by atoms with van der Waals surface area (Å²) in [5, 5.41) is 21.5. The fourth-order valence-electron chi connectivity index (χ4n) is 2.48. The predicted molar refractivity (Wildman–Crippen MR) is 103 cm³/mol. The highest BCUT2D eigenvalue weighted by molar-refractivity contribution is 8.00. The average molecular weight is 401 g/mol. The Kier molecular flexibility index (Phi) is 5.69. The number of anilines is 1. The number of rotatable bonds is 6. The van der Waals surface area contributed by atoms with E-state index in [0.29, 0.717) is 16.5 Å². The molecule has 10 heteroatoms. The van der Waals surface area contributed by atoms with Gasteiger partial charge in [0, 0.05) is 13.1 Å². The van der Waals surface area contributed by atoms with Crippen LogP contribution in [0.25, 0.3) is 11.4 Å². The largest absolute Gasteiger partial charge is 0.319 e. The third kappa shape index (κ3) is 4.01. The summed E-state index contributed by atoms with van der Waals surface area (Å²) < 4.78 is 15.6. The fraction of sp³-hybridized carbons (Fsp3) is 0.167. The average Bonchev–Trinajstić information content (AvgIpc) is 3.02. The molecule has 0 saturated carbocycles. The van der Waals surface area contributed by atoms with Crippen molar-refractivity contribution in [1.82, 2.24) is 14.8 Å². The molecular formula is C18H16FN5O3S. The van der Waals surface area contributed by atoms with E-state index in [0.717, 1.165) is 11.8 Å². The topological polar surface area (TPSA) is 103 Å². The predicted octanol–water partition coefficient (Wildman–Crippen LogP) is 3.65. The zero-order valence-electron chi connectivity index (χ0n) is 15.0. The maximum Gasteiger partial charge on any atom is 0.292 e. The van der Waals surface area contributed by atoms with Crippen LogP contribution in [0.2, 0.25) is 0 Å². The highest BCUT2D eigenvalue weighted by atomic mass is 32.2. The Morgan fingerprint density at radius 1 is 1.21 bits per heavy atom. The first-order valence-corrected chi connectivity index (χ1v) is 9.11. The van der Waals surface area contributed by atoms with Crippen LogP contribution in [0.4, 0.5) is 15.8 Å². The molecule has 0 bridgehead atoms. The number of carbonyl (C=O) groups excluding carboxylic acids is 1. The van der Waals surface area contributed by atoms with Gasteiger partial charge in [-0.3, -0.25) is 14.9 Å². The molecule has 0 aliphatic rings. The second kappa shape index (κ2) is 8.17. The Balaban J connectivity index is 1.75. The minimum absolute atomic E-state index is 0.120. The standard InChI is InChI=1S/C18H16FN5O3S/c1-11(17(25)20-14-9-5-6-10-15(14)24(26)27)28-18-22-21-16(23(18)2)12-7-3-4-8-13(12)19/h3-11H,1-2H3,(H,20,25). The molecule has 1 atom stereocenters. The number of hydrogen-bond acceptors (Lipinski definition) is 6. The summed E-state index contributed by atoms with van der Waals surface area (Å²) in [4.78, 5) is 23.0. The third-order valence-corrected chi connectivity index (χ3v) is 5.09. The number of aromatic nitrogens is 3. The molecule has 0 aliphatic heterocycles. The molecule has 28 heavy (non-hydrogen) atoms. The van der Waals surface area contributed by atoms with E-state index in [1.54, 1.807) is 42.8 Å². The van der Waals surface area contributed by atoms with Crippen LogP contribution in [0.3, 0.4) is 0 Å². The molecule has 1 N–H and O–H groups in total. The van der Waals surface area contributed by atoms with E-state index in [1.807, 2.05) is 0 Å². The Labute approximate surface area is 163 Å². The second-order valence-electron chi connectivity index (χ2n) is 5.87. The van der Waals surface area contributed by atoms with Gasteiger partial charge in [-0.25, -0.2) is 4.39 Å². The van der Waals surface area contributed by atoms with Gasteiger partial charge in [0.1, 0.15) is 11.5 Å². The van der Waals surface area contributed by atoms with Gasteiger partial charge in [0.05, 0.1) is 15.7 Å². The van der Waals surface area contributed by atoms with Gasteiger partial charge in [0.2, 0.25) is 5.91 Å². The summed E-state index contributed by atoms with van der Waals surface area (Å²) in [7, 11) is 1.68. The van der Waals surface area contributed by atoms with E-state index in [4.69, 9.17) is 0 Å². The number of thioether (sulfide) groups is 1. The SMILES string of the molecule is CC(Sc1nnc(-c2ccccc2F)n1C)C(=O)Nc1ccccc1[N+](=O)[O-]. The van der Waals surface area contributed by atoms with Crippen LogP contribution in [-0.4, -0.2) is 30.8 Å². The number of nitrogens with one attached hydrogen (secondary N) is 1. The summed E-state index contributed by atoms with van der Waals surface area (Å²) in [6.07, 6.45) is 0. The molecule has 3 rings (SSSR count). The molecule has 1 heterocycles. The van der Waals surface area contributed by atoms with Crippen molar-refractivity contribution >= 4 is 29.0 Å². The summed E-state index contributed by atoms with van der Waals surface area (Å²) in [6, 6.07) is 12.1. The van der Waals surface area contributed by atoms with Crippen molar-refractivity contribution in [2.24, 2.45) is 7.05 Å². The van der Waals surface area contributed by atoms with E-state index >= 15 is 0 Å². The van der Waals surface area contributed by atoms with Gasteiger partial charge in [-0.2, -0.15) is 0 Å². The Morgan fingerprint density at radius 3 is 2.61 bits per heavy atom. The van der Waals surface area contributed by atoms with E-state index in [9.17, 15) is 19.3 Å². The van der Waals surface area contributed by atoms with Crippen LogP contribution < -0.4 is 5.32 Å².